The molecule has 1 aromatic rings. The van der Waals surface area contributed by atoms with Crippen LogP contribution in [0.4, 0.5) is 5.82 Å². The number of aromatic nitrogens is 1. The predicted octanol–water partition coefficient (Wildman–Crippen LogP) is 0.737. The van der Waals surface area contributed by atoms with Gasteiger partial charge in [-0.25, -0.2) is 4.98 Å². The number of hydrogen-bond donors (Lipinski definition) is 1. The zero-order valence-corrected chi connectivity index (χ0v) is 12.7. The second-order valence-corrected chi connectivity index (χ2v) is 5.09. The summed E-state index contributed by atoms with van der Waals surface area (Å²) in [4.78, 5) is 31.0. The van der Waals surface area contributed by atoms with Gasteiger partial charge in [0.1, 0.15) is 5.82 Å². The number of nitrogens with one attached hydrogen (secondary N) is 1. The molecule has 0 spiro atoms. The fourth-order valence-corrected chi connectivity index (χ4v) is 1.71. The van der Waals surface area contributed by atoms with E-state index in [1.54, 1.807) is 45.2 Å². The minimum absolute atomic E-state index is 0.0334. The quantitative estimate of drug-likeness (QED) is 0.862. The highest BCUT2D eigenvalue weighted by Crippen LogP contribution is 2.06. The Bertz CT molecular complexity index is 488. The first-order chi connectivity index (χ1) is 9.31. The Labute approximate surface area is 119 Å². The van der Waals surface area contributed by atoms with E-state index in [1.165, 1.54) is 4.90 Å². The average Bonchev–Trinajstić information content (AvgIpc) is 2.36. The highest BCUT2D eigenvalue weighted by molar-refractivity contribution is 5.92. The molecule has 1 atom stereocenters. The van der Waals surface area contributed by atoms with Crippen molar-refractivity contribution in [3.05, 3.63) is 23.9 Å². The van der Waals surface area contributed by atoms with Crippen LogP contribution in [0.2, 0.25) is 0 Å². The zero-order chi connectivity index (χ0) is 15.3. The number of pyridine rings is 1. The van der Waals surface area contributed by atoms with Crippen molar-refractivity contribution in [3.8, 4) is 0 Å². The van der Waals surface area contributed by atoms with E-state index in [2.05, 4.69) is 10.3 Å². The minimum Gasteiger partial charge on any atom is -0.347 e. The first-order valence-electron chi connectivity index (χ1n) is 6.45. The number of anilines is 1. The van der Waals surface area contributed by atoms with Crippen LogP contribution in [0.5, 0.6) is 0 Å². The first-order valence-corrected chi connectivity index (χ1v) is 6.45. The number of aryl methyl sites for hydroxylation is 1. The van der Waals surface area contributed by atoms with Crippen molar-refractivity contribution in [3.63, 3.8) is 0 Å². The number of nitrogens with zero attached hydrogens (tertiary/aromatic N) is 3. The van der Waals surface area contributed by atoms with Crippen LogP contribution in [-0.2, 0) is 9.59 Å². The molecule has 1 rings (SSSR count). The summed E-state index contributed by atoms with van der Waals surface area (Å²) in [7, 11) is 5.14. The lowest BCUT2D eigenvalue weighted by Crippen LogP contribution is -2.45. The molecule has 20 heavy (non-hydrogen) atoms. The van der Waals surface area contributed by atoms with Gasteiger partial charge in [0.25, 0.3) is 0 Å². The van der Waals surface area contributed by atoms with Crippen LogP contribution in [0.1, 0.15) is 12.5 Å². The minimum atomic E-state index is -0.346. The monoisotopic (exact) mass is 278 g/mol. The molecule has 6 nitrogen and oxygen atoms in total. The maximum atomic E-state index is 11.9. The van der Waals surface area contributed by atoms with Crippen LogP contribution in [0, 0.1) is 6.92 Å². The Balaban J connectivity index is 2.56. The number of amides is 2. The summed E-state index contributed by atoms with van der Waals surface area (Å²) in [5.41, 5.74) is 1.03. The van der Waals surface area contributed by atoms with Gasteiger partial charge in [0.15, 0.2) is 0 Å². The Morgan fingerprint density at radius 2 is 2.00 bits per heavy atom. The molecule has 0 unspecified atom stereocenters. The van der Waals surface area contributed by atoms with Crippen molar-refractivity contribution in [1.29, 1.82) is 0 Å². The molecule has 0 aromatic carbocycles. The molecule has 0 fully saturated rings. The lowest BCUT2D eigenvalue weighted by Gasteiger charge is -2.25. The average molecular weight is 278 g/mol. The maximum Gasteiger partial charge on any atom is 0.239 e. The smallest absolute Gasteiger partial charge is 0.239 e. The SMILES string of the molecule is Cc1ccnc(NC(=O)CN(C)[C@@H](C)C(=O)N(C)C)c1. The molecule has 0 bridgehead atoms. The molecule has 1 N–H and O–H groups in total. The summed E-state index contributed by atoms with van der Waals surface area (Å²) in [5.74, 6) is 0.299. The summed E-state index contributed by atoms with van der Waals surface area (Å²) in [5, 5.41) is 2.72. The van der Waals surface area contributed by atoms with E-state index in [9.17, 15) is 9.59 Å². The molecular formula is C14H22N4O2. The van der Waals surface area contributed by atoms with Gasteiger partial charge in [0.05, 0.1) is 12.6 Å². The molecule has 0 aliphatic rings. The summed E-state index contributed by atoms with van der Waals surface area (Å²) in [6.45, 7) is 3.85. The van der Waals surface area contributed by atoms with Gasteiger partial charge < -0.3 is 10.2 Å². The van der Waals surface area contributed by atoms with Gasteiger partial charge in [-0.3, -0.25) is 14.5 Å². The second-order valence-electron chi connectivity index (χ2n) is 5.09. The standard InChI is InChI=1S/C14H22N4O2/c1-10-6-7-15-12(8-10)16-13(19)9-18(5)11(2)14(20)17(3)4/h6-8,11H,9H2,1-5H3,(H,15,16,19)/t11-/m0/s1. The molecule has 0 aliphatic carbocycles. The summed E-state index contributed by atoms with van der Waals surface area (Å²) >= 11 is 0. The highest BCUT2D eigenvalue weighted by Gasteiger charge is 2.21. The van der Waals surface area contributed by atoms with E-state index in [0.717, 1.165) is 5.56 Å². The van der Waals surface area contributed by atoms with Crippen LogP contribution >= 0.6 is 0 Å². The largest absolute Gasteiger partial charge is 0.347 e. The highest BCUT2D eigenvalue weighted by atomic mass is 16.2. The topological polar surface area (TPSA) is 65.5 Å². The van der Waals surface area contributed by atoms with Crippen molar-refractivity contribution in [2.75, 3.05) is 33.0 Å². The van der Waals surface area contributed by atoms with Gasteiger partial charge in [-0.1, -0.05) is 0 Å². The fourth-order valence-electron chi connectivity index (χ4n) is 1.71. The van der Waals surface area contributed by atoms with Gasteiger partial charge in [-0.2, -0.15) is 0 Å². The maximum absolute atomic E-state index is 11.9. The van der Waals surface area contributed by atoms with Gasteiger partial charge in [-0.05, 0) is 38.6 Å². The molecule has 6 heteroatoms. The first kappa shape index (κ1) is 16.1. The summed E-state index contributed by atoms with van der Waals surface area (Å²) in [6.07, 6.45) is 1.65. The van der Waals surface area contributed by atoms with E-state index in [4.69, 9.17) is 0 Å². The summed E-state index contributed by atoms with van der Waals surface area (Å²) in [6, 6.07) is 3.31. The number of carbonyl (C=O) groups is 2. The van der Waals surface area contributed by atoms with E-state index in [1.807, 2.05) is 13.0 Å². The number of hydrogen-bond acceptors (Lipinski definition) is 4. The Morgan fingerprint density at radius 3 is 2.55 bits per heavy atom. The van der Waals surface area contributed by atoms with E-state index >= 15 is 0 Å². The van der Waals surface area contributed by atoms with Crippen molar-refractivity contribution in [2.45, 2.75) is 19.9 Å². The normalized spacial score (nSPS) is 12.1. The molecule has 2 amide bonds. The third kappa shape index (κ3) is 4.62. The molecule has 1 heterocycles. The molecule has 1 aromatic heterocycles. The third-order valence-electron chi connectivity index (χ3n) is 3.04. The van der Waals surface area contributed by atoms with Crippen molar-refractivity contribution in [2.24, 2.45) is 0 Å². The number of likely N-dealkylation sites (N-methyl/N-ethyl adjacent to an activating group) is 2. The molecular weight excluding hydrogens is 256 g/mol. The lowest BCUT2D eigenvalue weighted by molar-refractivity contribution is -0.133. The van der Waals surface area contributed by atoms with Gasteiger partial charge in [0.2, 0.25) is 11.8 Å². The van der Waals surface area contributed by atoms with Gasteiger partial charge in [-0.15, -0.1) is 0 Å². The van der Waals surface area contributed by atoms with Crippen LogP contribution in [0.25, 0.3) is 0 Å². The van der Waals surface area contributed by atoms with Gasteiger partial charge in [0, 0.05) is 20.3 Å². The van der Waals surface area contributed by atoms with Gasteiger partial charge >= 0.3 is 0 Å². The second kappa shape index (κ2) is 7.00. The lowest BCUT2D eigenvalue weighted by atomic mass is 10.2. The van der Waals surface area contributed by atoms with Crippen molar-refractivity contribution < 1.29 is 9.59 Å². The molecule has 0 aliphatic heterocycles. The fraction of sp³-hybridized carbons (Fsp3) is 0.500. The Kier molecular flexibility index (Phi) is 5.64. The van der Waals surface area contributed by atoms with E-state index in [0.29, 0.717) is 5.82 Å². The van der Waals surface area contributed by atoms with Crippen LogP contribution in [-0.4, -0.2) is 60.3 Å². The van der Waals surface area contributed by atoms with Crippen molar-refractivity contribution >= 4 is 17.6 Å². The number of rotatable bonds is 5. The zero-order valence-electron chi connectivity index (χ0n) is 12.7. The number of carbonyl (C=O) groups excluding carboxylic acids is 2. The molecule has 0 saturated carbocycles. The summed E-state index contributed by atoms with van der Waals surface area (Å²) < 4.78 is 0. The molecule has 0 saturated heterocycles. The Morgan fingerprint density at radius 1 is 1.35 bits per heavy atom. The van der Waals surface area contributed by atoms with Crippen LogP contribution in [0.3, 0.4) is 0 Å². The van der Waals surface area contributed by atoms with E-state index < -0.39 is 0 Å². The van der Waals surface area contributed by atoms with Crippen LogP contribution < -0.4 is 5.32 Å². The third-order valence-corrected chi connectivity index (χ3v) is 3.04. The molecule has 0 radical (unpaired) electrons. The van der Waals surface area contributed by atoms with Crippen molar-refractivity contribution in [1.82, 2.24) is 14.8 Å². The Hall–Kier alpha value is -1.95. The molecule has 110 valence electrons. The van der Waals surface area contributed by atoms with E-state index in [-0.39, 0.29) is 24.4 Å². The van der Waals surface area contributed by atoms with Crippen LogP contribution in [0.15, 0.2) is 18.3 Å². The predicted molar refractivity (Wildman–Crippen MR) is 78.4 cm³/mol.